The number of benzene rings is 1. The Morgan fingerprint density at radius 1 is 1.35 bits per heavy atom. The third-order valence-electron chi connectivity index (χ3n) is 2.72. The van der Waals surface area contributed by atoms with Crippen molar-refractivity contribution in [1.82, 2.24) is 5.32 Å². The van der Waals surface area contributed by atoms with Crippen molar-refractivity contribution in [3.8, 4) is 0 Å². The number of carbonyl (C=O) groups excluding carboxylic acids is 1. The maximum absolute atomic E-state index is 11.5. The zero-order chi connectivity index (χ0) is 12.5. The number of likely N-dealkylation sites (N-methyl/N-ethyl adjacent to an activating group) is 1. The lowest BCUT2D eigenvalue weighted by molar-refractivity contribution is -0.145. The van der Waals surface area contributed by atoms with Crippen LogP contribution in [0.25, 0.3) is 0 Å². The first kappa shape index (κ1) is 13.7. The molecule has 1 rings (SSSR count). The summed E-state index contributed by atoms with van der Waals surface area (Å²) in [6.07, 6.45) is 2.79. The van der Waals surface area contributed by atoms with E-state index in [1.807, 2.05) is 25.1 Å². The van der Waals surface area contributed by atoms with Crippen LogP contribution in [-0.4, -0.2) is 25.7 Å². The van der Waals surface area contributed by atoms with E-state index in [4.69, 9.17) is 4.74 Å². The Hall–Kier alpha value is -1.35. The predicted octanol–water partition coefficient (Wildman–Crippen LogP) is 2.16. The molecule has 0 aliphatic rings. The van der Waals surface area contributed by atoms with Gasteiger partial charge in [-0.05, 0) is 38.8 Å². The molecule has 3 heteroatoms. The first-order chi connectivity index (χ1) is 8.27. The standard InChI is InChI=1S/C14H21NO2/c1-3-17-14(16)13(15-2)11-7-10-12-8-5-4-6-9-12/h4-6,8-9,13,15H,3,7,10-11H2,1-2H3/t13-/m0/s1. The molecular formula is C14H21NO2. The highest BCUT2D eigenvalue weighted by Gasteiger charge is 2.16. The molecule has 0 fully saturated rings. The van der Waals surface area contributed by atoms with E-state index in [0.717, 1.165) is 19.3 Å². The lowest BCUT2D eigenvalue weighted by atomic mass is 10.0. The van der Waals surface area contributed by atoms with E-state index in [1.165, 1.54) is 5.56 Å². The molecule has 0 saturated carbocycles. The summed E-state index contributed by atoms with van der Waals surface area (Å²) in [6, 6.07) is 10.1. The number of hydrogen-bond donors (Lipinski definition) is 1. The molecule has 0 aliphatic heterocycles. The third-order valence-corrected chi connectivity index (χ3v) is 2.72. The molecule has 0 spiro atoms. The van der Waals surface area contributed by atoms with Crippen molar-refractivity contribution in [2.24, 2.45) is 0 Å². The minimum atomic E-state index is -0.182. The van der Waals surface area contributed by atoms with E-state index < -0.39 is 0 Å². The van der Waals surface area contributed by atoms with Crippen LogP contribution in [0.1, 0.15) is 25.3 Å². The van der Waals surface area contributed by atoms with Gasteiger partial charge in [0.2, 0.25) is 0 Å². The number of nitrogens with one attached hydrogen (secondary N) is 1. The van der Waals surface area contributed by atoms with E-state index in [2.05, 4.69) is 17.4 Å². The average Bonchev–Trinajstić information content (AvgIpc) is 2.36. The largest absolute Gasteiger partial charge is 0.465 e. The highest BCUT2D eigenvalue weighted by molar-refractivity contribution is 5.75. The monoisotopic (exact) mass is 235 g/mol. The number of aryl methyl sites for hydroxylation is 1. The Bertz CT molecular complexity index is 324. The van der Waals surface area contributed by atoms with Crippen LogP contribution >= 0.6 is 0 Å². The molecule has 3 nitrogen and oxygen atoms in total. The topological polar surface area (TPSA) is 38.3 Å². The number of esters is 1. The Labute approximate surface area is 103 Å². The fourth-order valence-electron chi connectivity index (χ4n) is 1.78. The van der Waals surface area contributed by atoms with E-state index in [-0.39, 0.29) is 12.0 Å². The van der Waals surface area contributed by atoms with Gasteiger partial charge in [-0.25, -0.2) is 0 Å². The van der Waals surface area contributed by atoms with Gasteiger partial charge in [0, 0.05) is 0 Å². The van der Waals surface area contributed by atoms with Crippen molar-refractivity contribution in [2.75, 3.05) is 13.7 Å². The third kappa shape index (κ3) is 5.00. The molecule has 0 aromatic heterocycles. The van der Waals surface area contributed by atoms with Crippen molar-refractivity contribution >= 4 is 5.97 Å². The van der Waals surface area contributed by atoms with Gasteiger partial charge in [-0.2, -0.15) is 0 Å². The zero-order valence-corrected chi connectivity index (χ0v) is 10.6. The smallest absolute Gasteiger partial charge is 0.323 e. The van der Waals surface area contributed by atoms with Crippen LogP contribution in [0.15, 0.2) is 30.3 Å². The maximum Gasteiger partial charge on any atom is 0.323 e. The van der Waals surface area contributed by atoms with Crippen LogP contribution in [0, 0.1) is 0 Å². The summed E-state index contributed by atoms with van der Waals surface area (Å²) in [5.74, 6) is -0.150. The molecular weight excluding hydrogens is 214 g/mol. The summed E-state index contributed by atoms with van der Waals surface area (Å²) < 4.78 is 5.00. The number of carbonyl (C=O) groups is 1. The molecule has 1 atom stereocenters. The van der Waals surface area contributed by atoms with E-state index >= 15 is 0 Å². The Kier molecular flexibility index (Phi) is 6.33. The second-order valence-corrected chi connectivity index (χ2v) is 3.97. The fraction of sp³-hybridized carbons (Fsp3) is 0.500. The molecule has 0 aliphatic carbocycles. The average molecular weight is 235 g/mol. The molecule has 0 amide bonds. The summed E-state index contributed by atoms with van der Waals surface area (Å²) in [5.41, 5.74) is 1.31. The van der Waals surface area contributed by atoms with Gasteiger partial charge in [0.25, 0.3) is 0 Å². The predicted molar refractivity (Wildman–Crippen MR) is 68.9 cm³/mol. The summed E-state index contributed by atoms with van der Waals surface area (Å²) >= 11 is 0. The van der Waals surface area contributed by atoms with Crippen LogP contribution in [0.2, 0.25) is 0 Å². The van der Waals surface area contributed by atoms with Crippen LogP contribution in [0.4, 0.5) is 0 Å². The molecule has 0 bridgehead atoms. The normalized spacial score (nSPS) is 12.1. The van der Waals surface area contributed by atoms with Gasteiger partial charge < -0.3 is 10.1 Å². The molecule has 0 heterocycles. The quantitative estimate of drug-likeness (QED) is 0.736. The molecule has 0 saturated heterocycles. The van der Waals surface area contributed by atoms with Crippen LogP contribution in [0.5, 0.6) is 0 Å². The fourth-order valence-corrected chi connectivity index (χ4v) is 1.78. The lowest BCUT2D eigenvalue weighted by Gasteiger charge is -2.14. The number of rotatable bonds is 7. The Morgan fingerprint density at radius 3 is 2.65 bits per heavy atom. The number of hydrogen-bond acceptors (Lipinski definition) is 3. The highest BCUT2D eigenvalue weighted by Crippen LogP contribution is 2.07. The van der Waals surface area contributed by atoms with E-state index in [0.29, 0.717) is 6.61 Å². The molecule has 1 aromatic carbocycles. The van der Waals surface area contributed by atoms with Gasteiger partial charge in [0.05, 0.1) is 6.61 Å². The van der Waals surface area contributed by atoms with Crippen LogP contribution in [0.3, 0.4) is 0 Å². The van der Waals surface area contributed by atoms with Crippen molar-refractivity contribution < 1.29 is 9.53 Å². The van der Waals surface area contributed by atoms with Gasteiger partial charge in [-0.15, -0.1) is 0 Å². The molecule has 0 radical (unpaired) electrons. The van der Waals surface area contributed by atoms with Gasteiger partial charge in [0.1, 0.15) is 6.04 Å². The van der Waals surface area contributed by atoms with E-state index in [1.54, 1.807) is 7.05 Å². The summed E-state index contributed by atoms with van der Waals surface area (Å²) in [5, 5.41) is 3.00. The van der Waals surface area contributed by atoms with Crippen LogP contribution < -0.4 is 5.32 Å². The van der Waals surface area contributed by atoms with Gasteiger partial charge in [-0.3, -0.25) is 4.79 Å². The molecule has 1 aromatic rings. The van der Waals surface area contributed by atoms with Gasteiger partial charge in [-0.1, -0.05) is 30.3 Å². The highest BCUT2D eigenvalue weighted by atomic mass is 16.5. The van der Waals surface area contributed by atoms with Crippen molar-refractivity contribution in [1.29, 1.82) is 0 Å². The SMILES string of the molecule is CCOC(=O)[C@H](CCCc1ccccc1)NC. The van der Waals surface area contributed by atoms with Crippen molar-refractivity contribution in [2.45, 2.75) is 32.2 Å². The van der Waals surface area contributed by atoms with Gasteiger partial charge >= 0.3 is 5.97 Å². The molecule has 94 valence electrons. The molecule has 0 unspecified atom stereocenters. The first-order valence-electron chi connectivity index (χ1n) is 6.15. The summed E-state index contributed by atoms with van der Waals surface area (Å²) in [4.78, 5) is 11.5. The van der Waals surface area contributed by atoms with Gasteiger partial charge in [0.15, 0.2) is 0 Å². The molecule has 1 N–H and O–H groups in total. The van der Waals surface area contributed by atoms with E-state index in [9.17, 15) is 4.79 Å². The summed E-state index contributed by atoms with van der Waals surface area (Å²) in [7, 11) is 1.80. The molecule has 17 heavy (non-hydrogen) atoms. The number of ether oxygens (including phenoxy) is 1. The van der Waals surface area contributed by atoms with Crippen molar-refractivity contribution in [3.05, 3.63) is 35.9 Å². The van der Waals surface area contributed by atoms with Crippen molar-refractivity contribution in [3.63, 3.8) is 0 Å². The Balaban J connectivity index is 2.31. The van der Waals surface area contributed by atoms with Crippen LogP contribution in [-0.2, 0) is 16.0 Å². The minimum Gasteiger partial charge on any atom is -0.465 e. The zero-order valence-electron chi connectivity index (χ0n) is 10.6. The second-order valence-electron chi connectivity index (χ2n) is 3.97. The maximum atomic E-state index is 11.5. The minimum absolute atomic E-state index is 0.150. The summed E-state index contributed by atoms with van der Waals surface area (Å²) in [6.45, 7) is 2.27. The second kappa shape index (κ2) is 7.85. The first-order valence-corrected chi connectivity index (χ1v) is 6.15. The lowest BCUT2D eigenvalue weighted by Crippen LogP contribution is -2.35. The Morgan fingerprint density at radius 2 is 2.06 bits per heavy atom.